The Morgan fingerprint density at radius 3 is 2.62 bits per heavy atom. The van der Waals surface area contributed by atoms with Crippen LogP contribution in [0.25, 0.3) is 10.9 Å². The minimum absolute atomic E-state index is 0.527. The third kappa shape index (κ3) is 2.72. The lowest BCUT2D eigenvalue weighted by molar-refractivity contribution is 0.489. The molecule has 2 aromatic carbocycles. The van der Waals surface area contributed by atoms with Crippen LogP contribution in [-0.4, -0.2) is 4.98 Å². The number of fused-ring (bicyclic) bond motifs is 1. The van der Waals surface area contributed by atoms with Crippen LogP contribution in [0, 0.1) is 13.8 Å². The minimum Gasteiger partial charge on any atom is -0.454 e. The lowest BCUT2D eigenvalue weighted by Crippen LogP contribution is -1.95. The van der Waals surface area contributed by atoms with E-state index in [1.54, 1.807) is 6.20 Å². The molecule has 2 N–H and O–H groups in total. The summed E-state index contributed by atoms with van der Waals surface area (Å²) < 4.78 is 6.99. The first-order valence-electron chi connectivity index (χ1n) is 6.63. The lowest BCUT2D eigenvalue weighted by atomic mass is 10.1. The fraction of sp³-hybridized carbons (Fsp3) is 0.118. The van der Waals surface area contributed by atoms with Gasteiger partial charge in [0, 0.05) is 9.86 Å². The molecule has 0 aliphatic heterocycles. The summed E-state index contributed by atoms with van der Waals surface area (Å²) in [6.45, 7) is 4.14. The highest BCUT2D eigenvalue weighted by Crippen LogP contribution is 2.35. The number of benzene rings is 2. The van der Waals surface area contributed by atoms with Gasteiger partial charge in [0.1, 0.15) is 5.75 Å². The molecular formula is C17H15BrN2O. The molecule has 0 unspecified atom stereocenters. The second-order valence-corrected chi connectivity index (χ2v) is 5.97. The first-order chi connectivity index (χ1) is 10.0. The van der Waals surface area contributed by atoms with Gasteiger partial charge in [-0.3, -0.25) is 4.98 Å². The third-order valence-corrected chi connectivity index (χ3v) is 4.00. The zero-order chi connectivity index (χ0) is 15.0. The van der Waals surface area contributed by atoms with E-state index >= 15 is 0 Å². The van der Waals surface area contributed by atoms with E-state index in [1.807, 2.05) is 36.4 Å². The van der Waals surface area contributed by atoms with Gasteiger partial charge in [-0.15, -0.1) is 0 Å². The van der Waals surface area contributed by atoms with E-state index in [2.05, 4.69) is 34.8 Å². The average Bonchev–Trinajstić information content (AvgIpc) is 2.46. The van der Waals surface area contributed by atoms with E-state index < -0.39 is 0 Å². The van der Waals surface area contributed by atoms with Crippen molar-refractivity contribution in [3.63, 3.8) is 0 Å². The molecule has 0 atom stereocenters. The predicted octanol–water partition coefficient (Wildman–Crippen LogP) is 4.99. The quantitative estimate of drug-likeness (QED) is 0.713. The summed E-state index contributed by atoms with van der Waals surface area (Å²) in [7, 11) is 0. The number of nitrogen functional groups attached to an aromatic ring is 1. The Bertz CT molecular complexity index is 825. The highest BCUT2D eigenvalue weighted by atomic mass is 79.9. The van der Waals surface area contributed by atoms with Crippen LogP contribution in [0.15, 0.2) is 47.1 Å². The van der Waals surface area contributed by atoms with Gasteiger partial charge in [0.05, 0.1) is 17.4 Å². The molecule has 106 valence electrons. The summed E-state index contributed by atoms with van der Waals surface area (Å²) in [4.78, 5) is 4.33. The zero-order valence-electron chi connectivity index (χ0n) is 11.9. The van der Waals surface area contributed by atoms with Gasteiger partial charge in [-0.2, -0.15) is 0 Å². The molecule has 1 aromatic heterocycles. The van der Waals surface area contributed by atoms with Gasteiger partial charge < -0.3 is 10.5 Å². The van der Waals surface area contributed by atoms with Crippen molar-refractivity contribution in [1.82, 2.24) is 4.98 Å². The first-order valence-corrected chi connectivity index (χ1v) is 7.43. The van der Waals surface area contributed by atoms with Crippen LogP contribution in [0.3, 0.4) is 0 Å². The molecular weight excluding hydrogens is 328 g/mol. The number of hydrogen-bond acceptors (Lipinski definition) is 3. The summed E-state index contributed by atoms with van der Waals surface area (Å²) in [6, 6.07) is 11.9. The van der Waals surface area contributed by atoms with Crippen LogP contribution >= 0.6 is 15.9 Å². The maximum absolute atomic E-state index is 6.05. The maximum atomic E-state index is 6.05. The number of anilines is 1. The van der Waals surface area contributed by atoms with Crippen molar-refractivity contribution in [2.24, 2.45) is 0 Å². The van der Waals surface area contributed by atoms with Gasteiger partial charge in [-0.05, 0) is 55.3 Å². The van der Waals surface area contributed by atoms with Crippen molar-refractivity contribution in [2.75, 3.05) is 5.73 Å². The van der Waals surface area contributed by atoms with Gasteiger partial charge in [-0.25, -0.2) is 0 Å². The minimum atomic E-state index is 0.527. The number of nitrogens with zero attached hydrogens (tertiary/aromatic N) is 1. The van der Waals surface area contributed by atoms with Crippen LogP contribution in [-0.2, 0) is 0 Å². The van der Waals surface area contributed by atoms with Crippen LogP contribution < -0.4 is 10.5 Å². The van der Waals surface area contributed by atoms with Gasteiger partial charge >= 0.3 is 0 Å². The number of hydrogen-bond donors (Lipinski definition) is 1. The fourth-order valence-corrected chi connectivity index (χ4v) is 2.53. The summed E-state index contributed by atoms with van der Waals surface area (Å²) in [5, 5.41) is 0.891. The fourth-order valence-electron chi connectivity index (χ4n) is 2.17. The number of aromatic nitrogens is 1. The van der Waals surface area contributed by atoms with Crippen molar-refractivity contribution in [3.8, 4) is 11.5 Å². The molecule has 0 aliphatic rings. The zero-order valence-corrected chi connectivity index (χ0v) is 13.4. The van der Waals surface area contributed by atoms with Crippen molar-refractivity contribution in [1.29, 1.82) is 0 Å². The Balaban J connectivity index is 2.12. The standard InChI is InChI=1S/C17H15BrN2O/c1-10-3-5-13(7-11(10)2)21-17-14-8-12(18)4-6-16(14)20-9-15(17)19/h3-9H,19H2,1-2H3. The molecule has 0 aliphatic carbocycles. The van der Waals surface area contributed by atoms with E-state index in [4.69, 9.17) is 10.5 Å². The Kier molecular flexibility index (Phi) is 3.55. The Morgan fingerprint density at radius 2 is 1.86 bits per heavy atom. The molecule has 0 saturated heterocycles. The number of ether oxygens (including phenoxy) is 1. The smallest absolute Gasteiger partial charge is 0.161 e. The van der Waals surface area contributed by atoms with Crippen molar-refractivity contribution in [2.45, 2.75) is 13.8 Å². The number of nitrogens with two attached hydrogens (primary N) is 1. The molecule has 0 amide bonds. The molecule has 0 bridgehead atoms. The van der Waals surface area contributed by atoms with Gasteiger partial charge in [0.15, 0.2) is 5.75 Å². The highest BCUT2D eigenvalue weighted by Gasteiger charge is 2.10. The van der Waals surface area contributed by atoms with E-state index in [9.17, 15) is 0 Å². The molecule has 4 heteroatoms. The number of rotatable bonds is 2. The van der Waals surface area contributed by atoms with Gasteiger partial charge in [0.2, 0.25) is 0 Å². The second kappa shape index (κ2) is 5.37. The Hall–Kier alpha value is -2.07. The molecule has 3 rings (SSSR count). The molecule has 3 aromatic rings. The second-order valence-electron chi connectivity index (χ2n) is 5.05. The number of pyridine rings is 1. The lowest BCUT2D eigenvalue weighted by Gasteiger charge is -2.12. The molecule has 1 heterocycles. The van der Waals surface area contributed by atoms with E-state index in [0.29, 0.717) is 11.4 Å². The van der Waals surface area contributed by atoms with Gasteiger partial charge in [-0.1, -0.05) is 22.0 Å². The maximum Gasteiger partial charge on any atom is 0.161 e. The molecule has 21 heavy (non-hydrogen) atoms. The monoisotopic (exact) mass is 342 g/mol. The predicted molar refractivity (Wildman–Crippen MR) is 89.8 cm³/mol. The molecule has 3 nitrogen and oxygen atoms in total. The highest BCUT2D eigenvalue weighted by molar-refractivity contribution is 9.10. The Labute approximate surface area is 131 Å². The topological polar surface area (TPSA) is 48.1 Å². The summed E-state index contributed by atoms with van der Waals surface area (Å²) in [6.07, 6.45) is 1.63. The summed E-state index contributed by atoms with van der Waals surface area (Å²) in [5.41, 5.74) is 9.85. The van der Waals surface area contributed by atoms with Crippen LogP contribution in [0.4, 0.5) is 5.69 Å². The third-order valence-electron chi connectivity index (χ3n) is 3.51. The van der Waals surface area contributed by atoms with Crippen LogP contribution in [0.2, 0.25) is 0 Å². The van der Waals surface area contributed by atoms with Crippen LogP contribution in [0.1, 0.15) is 11.1 Å². The van der Waals surface area contributed by atoms with E-state index in [0.717, 1.165) is 21.1 Å². The molecule has 0 radical (unpaired) electrons. The van der Waals surface area contributed by atoms with Crippen LogP contribution in [0.5, 0.6) is 11.5 Å². The average molecular weight is 343 g/mol. The van der Waals surface area contributed by atoms with E-state index in [1.165, 1.54) is 11.1 Å². The SMILES string of the molecule is Cc1ccc(Oc2c(N)cnc3ccc(Br)cc23)cc1C. The van der Waals surface area contributed by atoms with Crippen molar-refractivity contribution >= 4 is 32.5 Å². The normalized spacial score (nSPS) is 10.8. The van der Waals surface area contributed by atoms with E-state index in [-0.39, 0.29) is 0 Å². The number of halogens is 1. The summed E-state index contributed by atoms with van der Waals surface area (Å²) >= 11 is 3.47. The van der Waals surface area contributed by atoms with Crippen molar-refractivity contribution < 1.29 is 4.74 Å². The molecule has 0 saturated carbocycles. The number of aryl methyl sites for hydroxylation is 2. The Morgan fingerprint density at radius 1 is 1.05 bits per heavy atom. The largest absolute Gasteiger partial charge is 0.454 e. The first kappa shape index (κ1) is 13.9. The van der Waals surface area contributed by atoms with Gasteiger partial charge in [0.25, 0.3) is 0 Å². The summed E-state index contributed by atoms with van der Waals surface area (Å²) in [5.74, 6) is 1.42. The molecule has 0 fully saturated rings. The van der Waals surface area contributed by atoms with Crippen molar-refractivity contribution in [3.05, 3.63) is 58.2 Å². The molecule has 0 spiro atoms.